The van der Waals surface area contributed by atoms with Gasteiger partial charge in [0.2, 0.25) is 0 Å². The first-order chi connectivity index (χ1) is 35.1. The SMILES string of the molecule is CC1C=C(c2cnc3ccccc3c2)C=CC1c1nc(-c2ccc(-c3cnc4ccccc4c3)cc2)c2cc(-c3cc4ccccc4c4ccccc34)cc(-c3cc4ccccc4c4ccccc34)c2n1. The molecule has 0 fully saturated rings. The van der Waals surface area contributed by atoms with E-state index in [0.29, 0.717) is 0 Å². The summed E-state index contributed by atoms with van der Waals surface area (Å²) in [4.78, 5) is 21.1. The molecule has 71 heavy (non-hydrogen) atoms. The van der Waals surface area contributed by atoms with E-state index >= 15 is 0 Å². The topological polar surface area (TPSA) is 51.6 Å². The summed E-state index contributed by atoms with van der Waals surface area (Å²) in [6.07, 6.45) is 10.9. The highest BCUT2D eigenvalue weighted by Gasteiger charge is 2.26. The van der Waals surface area contributed by atoms with Crippen molar-refractivity contribution < 1.29 is 0 Å². The third kappa shape index (κ3) is 6.98. The van der Waals surface area contributed by atoms with Crippen LogP contribution < -0.4 is 0 Å². The lowest BCUT2D eigenvalue weighted by molar-refractivity contribution is 0.607. The van der Waals surface area contributed by atoms with Crippen molar-refractivity contribution in [1.82, 2.24) is 19.9 Å². The van der Waals surface area contributed by atoms with Crippen molar-refractivity contribution in [3.63, 3.8) is 0 Å². The van der Waals surface area contributed by atoms with Crippen LogP contribution in [0.3, 0.4) is 0 Å². The summed E-state index contributed by atoms with van der Waals surface area (Å²) in [5.41, 5.74) is 13.8. The predicted molar refractivity (Wildman–Crippen MR) is 297 cm³/mol. The van der Waals surface area contributed by atoms with Crippen LogP contribution in [0.1, 0.15) is 24.2 Å². The van der Waals surface area contributed by atoms with Crippen molar-refractivity contribution in [1.29, 1.82) is 0 Å². The van der Waals surface area contributed by atoms with Gasteiger partial charge in [0.25, 0.3) is 0 Å². The largest absolute Gasteiger partial charge is 0.256 e. The van der Waals surface area contributed by atoms with Gasteiger partial charge in [0, 0.05) is 56.7 Å². The van der Waals surface area contributed by atoms with Crippen LogP contribution in [0.25, 0.3) is 126 Å². The second kappa shape index (κ2) is 16.5. The summed E-state index contributed by atoms with van der Waals surface area (Å²) in [5, 5.41) is 13.0. The molecule has 4 nitrogen and oxygen atoms in total. The summed E-state index contributed by atoms with van der Waals surface area (Å²) in [6, 6.07) is 74.5. The molecule has 4 heteroatoms. The fourth-order valence-corrected chi connectivity index (χ4v) is 11.2. The number of fused-ring (bicyclic) bond motifs is 9. The second-order valence-corrected chi connectivity index (χ2v) is 19.0. The van der Waals surface area contributed by atoms with Gasteiger partial charge in [0.05, 0.1) is 22.2 Å². The molecule has 0 radical (unpaired) electrons. The molecule has 10 aromatic carbocycles. The van der Waals surface area contributed by atoms with Crippen molar-refractivity contribution in [3.8, 4) is 44.6 Å². The van der Waals surface area contributed by atoms with E-state index in [1.165, 1.54) is 48.7 Å². The summed E-state index contributed by atoms with van der Waals surface area (Å²) in [5.74, 6) is 0.813. The molecule has 2 unspecified atom stereocenters. The van der Waals surface area contributed by atoms with Gasteiger partial charge in [-0.25, -0.2) is 9.97 Å². The Morgan fingerprint density at radius 3 is 1.54 bits per heavy atom. The van der Waals surface area contributed by atoms with Gasteiger partial charge >= 0.3 is 0 Å². The van der Waals surface area contributed by atoms with Gasteiger partial charge in [0.15, 0.2) is 0 Å². The molecule has 0 spiro atoms. The molecule has 0 bridgehead atoms. The Morgan fingerprint density at radius 2 is 0.887 bits per heavy atom. The lowest BCUT2D eigenvalue weighted by Gasteiger charge is -2.24. The van der Waals surface area contributed by atoms with Crippen LogP contribution in [-0.2, 0) is 0 Å². The van der Waals surface area contributed by atoms with Gasteiger partial charge in [-0.1, -0.05) is 183 Å². The highest BCUT2D eigenvalue weighted by molar-refractivity contribution is 6.19. The second-order valence-electron chi connectivity index (χ2n) is 19.0. The maximum absolute atomic E-state index is 5.77. The molecule has 0 amide bonds. The molecule has 0 saturated carbocycles. The molecule has 332 valence electrons. The molecule has 1 aliphatic rings. The molecule has 3 aromatic heterocycles. The third-order valence-electron chi connectivity index (χ3n) is 14.8. The number of hydrogen-bond donors (Lipinski definition) is 0. The average Bonchev–Trinajstić information content (AvgIpc) is 3.44. The van der Waals surface area contributed by atoms with Crippen LogP contribution in [0.4, 0.5) is 0 Å². The molecule has 0 N–H and O–H groups in total. The Balaban J connectivity index is 1.03. The van der Waals surface area contributed by atoms with Crippen LogP contribution in [0.2, 0.25) is 0 Å². The highest BCUT2D eigenvalue weighted by atomic mass is 14.9. The Hall–Kier alpha value is -9.12. The van der Waals surface area contributed by atoms with E-state index < -0.39 is 0 Å². The van der Waals surface area contributed by atoms with Crippen molar-refractivity contribution >= 4 is 81.4 Å². The number of aromatic nitrogens is 4. The van der Waals surface area contributed by atoms with Gasteiger partial charge in [-0.2, -0.15) is 0 Å². The molecule has 13 aromatic rings. The van der Waals surface area contributed by atoms with Crippen molar-refractivity contribution in [3.05, 3.63) is 248 Å². The van der Waals surface area contributed by atoms with Crippen molar-refractivity contribution in [2.45, 2.75) is 12.8 Å². The standard InChI is InChI=1S/C67H44N4/c1-41-32-44(51-34-48-17-5-13-25-64(48)69-40-51)30-31-52(41)67-70-65(43-28-26-42(27-29-43)50-33-47-16-4-12-24-63(47)68-39-50)62-38-49(59-35-45-14-2-6-18-53(45)55-20-8-10-22-57(55)59)37-61(66(62)71-67)60-36-46-15-3-7-19-54(46)56-21-9-11-23-58(56)60/h2-41,52H,1H3. The summed E-state index contributed by atoms with van der Waals surface area (Å²) >= 11 is 0. The minimum absolute atomic E-state index is 0.0800. The number of hydrogen-bond acceptors (Lipinski definition) is 4. The lowest BCUT2D eigenvalue weighted by atomic mass is 9.84. The molecule has 1 aliphatic carbocycles. The third-order valence-corrected chi connectivity index (χ3v) is 14.8. The Bertz CT molecular complexity index is 4380. The first-order valence-electron chi connectivity index (χ1n) is 24.5. The van der Waals surface area contributed by atoms with Crippen LogP contribution in [0, 0.1) is 5.92 Å². The molecule has 0 saturated heterocycles. The first-order valence-corrected chi connectivity index (χ1v) is 24.5. The number of pyridine rings is 2. The van der Waals surface area contributed by atoms with Gasteiger partial charge in [-0.3, -0.25) is 9.97 Å². The van der Waals surface area contributed by atoms with Gasteiger partial charge < -0.3 is 0 Å². The van der Waals surface area contributed by atoms with Crippen LogP contribution >= 0.6 is 0 Å². The van der Waals surface area contributed by atoms with E-state index in [1.54, 1.807) is 0 Å². The molecule has 3 heterocycles. The zero-order valence-electron chi connectivity index (χ0n) is 39.0. The fourth-order valence-electron chi connectivity index (χ4n) is 11.2. The van der Waals surface area contributed by atoms with Gasteiger partial charge in [-0.15, -0.1) is 0 Å². The number of allylic oxidation sites excluding steroid dienone is 4. The zero-order valence-corrected chi connectivity index (χ0v) is 39.0. The smallest absolute Gasteiger partial charge is 0.137 e. The molecule has 14 rings (SSSR count). The number of rotatable bonds is 6. The maximum Gasteiger partial charge on any atom is 0.137 e. The quantitative estimate of drug-likeness (QED) is 0.156. The van der Waals surface area contributed by atoms with Crippen molar-refractivity contribution in [2.24, 2.45) is 5.92 Å². The molecule has 2 atom stereocenters. The van der Waals surface area contributed by atoms with E-state index in [0.717, 1.165) is 88.7 Å². The monoisotopic (exact) mass is 904 g/mol. The lowest BCUT2D eigenvalue weighted by Crippen LogP contribution is -2.14. The number of para-hydroxylation sites is 2. The van der Waals surface area contributed by atoms with Crippen LogP contribution in [0.15, 0.2) is 237 Å². The zero-order chi connectivity index (χ0) is 47.0. The molecular formula is C67H44N4. The first kappa shape index (κ1) is 40.9. The van der Waals surface area contributed by atoms with E-state index in [-0.39, 0.29) is 11.8 Å². The summed E-state index contributed by atoms with van der Waals surface area (Å²) in [7, 11) is 0. The van der Waals surface area contributed by atoms with Crippen molar-refractivity contribution in [2.75, 3.05) is 0 Å². The highest BCUT2D eigenvalue weighted by Crippen LogP contribution is 2.45. The van der Waals surface area contributed by atoms with E-state index in [2.05, 4.69) is 219 Å². The average molecular weight is 905 g/mol. The Kier molecular flexibility index (Phi) is 9.53. The molecular weight excluding hydrogens is 861 g/mol. The van der Waals surface area contributed by atoms with Crippen LogP contribution in [-0.4, -0.2) is 19.9 Å². The molecule has 0 aliphatic heterocycles. The van der Waals surface area contributed by atoms with Gasteiger partial charge in [0.1, 0.15) is 5.82 Å². The van der Waals surface area contributed by atoms with E-state index in [9.17, 15) is 0 Å². The number of benzene rings is 10. The minimum atomic E-state index is -0.0800. The maximum atomic E-state index is 5.77. The van der Waals surface area contributed by atoms with E-state index in [1.807, 2.05) is 24.5 Å². The fraction of sp³-hybridized carbons (Fsp3) is 0.0448. The minimum Gasteiger partial charge on any atom is -0.256 e. The summed E-state index contributed by atoms with van der Waals surface area (Å²) < 4.78 is 0. The normalized spacial score (nSPS) is 14.9. The number of nitrogens with zero attached hydrogens (tertiary/aromatic N) is 4. The Morgan fingerprint density at radius 1 is 0.366 bits per heavy atom. The van der Waals surface area contributed by atoms with E-state index in [4.69, 9.17) is 19.9 Å². The predicted octanol–water partition coefficient (Wildman–Crippen LogP) is 17.4. The van der Waals surface area contributed by atoms with Gasteiger partial charge in [-0.05, 0) is 125 Å². The summed E-state index contributed by atoms with van der Waals surface area (Å²) in [6.45, 7) is 2.29. The van der Waals surface area contributed by atoms with Crippen LogP contribution in [0.5, 0.6) is 0 Å². The Labute approximate surface area is 411 Å².